The van der Waals surface area contributed by atoms with Crippen LogP contribution in [0, 0.1) is 11.8 Å². The van der Waals surface area contributed by atoms with Crippen molar-refractivity contribution >= 4 is 28.7 Å². The smallest absolute Gasteiger partial charge is 0.226 e. The van der Waals surface area contributed by atoms with Gasteiger partial charge < -0.3 is 15.6 Å². The summed E-state index contributed by atoms with van der Waals surface area (Å²) in [5.41, 5.74) is 1.17. The number of hydrogen-bond donors (Lipinski definition) is 3. The third-order valence-electron chi connectivity index (χ3n) is 3.03. The minimum Gasteiger partial charge on any atom is -0.368 e. The Balaban J connectivity index is 2.39. The van der Waals surface area contributed by atoms with E-state index in [1.54, 1.807) is 0 Å². The number of fused-ring (bicyclic) bond motifs is 1. The first-order chi connectivity index (χ1) is 10.4. The Kier molecular flexibility index (Phi) is 4.95. The molecule has 0 aromatic carbocycles. The van der Waals surface area contributed by atoms with E-state index in [4.69, 9.17) is 0 Å². The second-order valence-electron chi connectivity index (χ2n) is 6.29. The van der Waals surface area contributed by atoms with Crippen molar-refractivity contribution in [3.63, 3.8) is 0 Å². The molecule has 2 aromatic heterocycles. The van der Waals surface area contributed by atoms with Gasteiger partial charge in [0.25, 0.3) is 0 Å². The number of aromatic amines is 1. The second kappa shape index (κ2) is 6.72. The van der Waals surface area contributed by atoms with Gasteiger partial charge in [0.05, 0.1) is 0 Å². The van der Waals surface area contributed by atoms with Crippen molar-refractivity contribution in [2.75, 3.05) is 23.7 Å². The van der Waals surface area contributed by atoms with E-state index in [-0.39, 0.29) is 5.78 Å². The summed E-state index contributed by atoms with van der Waals surface area (Å²) in [5.74, 6) is 2.34. The maximum atomic E-state index is 11.5. The standard InChI is InChI=1S/C15H24N6O/c1-8(2)6-16-13-11-14(19-12(18-11)10(5)22)21-15(20-13)17-7-9(3)4/h8-9H,6-7H2,1-5H3,(H3,16,17,18,19,20,21). The van der Waals surface area contributed by atoms with Crippen LogP contribution in [0.1, 0.15) is 45.2 Å². The molecule has 0 fully saturated rings. The van der Waals surface area contributed by atoms with Gasteiger partial charge in [-0.15, -0.1) is 0 Å². The van der Waals surface area contributed by atoms with Gasteiger partial charge in [0, 0.05) is 20.0 Å². The SMILES string of the molecule is CC(=O)c1nc2nc(NCC(C)C)nc(NCC(C)C)c2[nH]1. The Morgan fingerprint density at radius 3 is 2.27 bits per heavy atom. The topological polar surface area (TPSA) is 95.6 Å². The first-order valence-corrected chi connectivity index (χ1v) is 7.63. The summed E-state index contributed by atoms with van der Waals surface area (Å²) in [6, 6.07) is 0. The van der Waals surface area contributed by atoms with Crippen molar-refractivity contribution in [3.8, 4) is 0 Å². The minimum absolute atomic E-state index is 0.121. The van der Waals surface area contributed by atoms with Crippen LogP contribution < -0.4 is 10.6 Å². The number of hydrogen-bond acceptors (Lipinski definition) is 6. The van der Waals surface area contributed by atoms with Crippen LogP contribution in [0.15, 0.2) is 0 Å². The van der Waals surface area contributed by atoms with Crippen LogP contribution in [-0.2, 0) is 0 Å². The van der Waals surface area contributed by atoms with E-state index in [9.17, 15) is 4.79 Å². The number of carbonyl (C=O) groups is 1. The Morgan fingerprint density at radius 2 is 1.68 bits per heavy atom. The molecule has 0 aliphatic heterocycles. The van der Waals surface area contributed by atoms with Crippen molar-refractivity contribution in [2.24, 2.45) is 11.8 Å². The number of ketones is 1. The molecule has 0 unspecified atom stereocenters. The Bertz CT molecular complexity index is 661. The number of nitrogens with zero attached hydrogens (tertiary/aromatic N) is 3. The second-order valence-corrected chi connectivity index (χ2v) is 6.29. The van der Waals surface area contributed by atoms with Gasteiger partial charge >= 0.3 is 0 Å². The maximum absolute atomic E-state index is 11.5. The number of anilines is 2. The van der Waals surface area contributed by atoms with Crippen LogP contribution in [0.2, 0.25) is 0 Å². The summed E-state index contributed by atoms with van der Waals surface area (Å²) in [5, 5.41) is 6.50. The highest BCUT2D eigenvalue weighted by Crippen LogP contribution is 2.20. The molecular weight excluding hydrogens is 280 g/mol. The molecule has 2 heterocycles. The van der Waals surface area contributed by atoms with E-state index in [0.717, 1.165) is 13.1 Å². The van der Waals surface area contributed by atoms with Crippen LogP contribution in [0.4, 0.5) is 11.8 Å². The van der Waals surface area contributed by atoms with Gasteiger partial charge in [-0.1, -0.05) is 27.7 Å². The molecule has 120 valence electrons. The van der Waals surface area contributed by atoms with Gasteiger partial charge in [0.1, 0.15) is 5.52 Å². The number of imidazole rings is 1. The average Bonchev–Trinajstić information content (AvgIpc) is 2.86. The third kappa shape index (κ3) is 3.93. The van der Waals surface area contributed by atoms with E-state index >= 15 is 0 Å². The number of carbonyl (C=O) groups excluding carboxylic acids is 1. The first kappa shape index (κ1) is 16.2. The third-order valence-corrected chi connectivity index (χ3v) is 3.03. The summed E-state index contributed by atoms with van der Waals surface area (Å²) in [6.45, 7) is 11.5. The maximum Gasteiger partial charge on any atom is 0.226 e. The van der Waals surface area contributed by atoms with E-state index in [2.05, 4.69) is 58.3 Å². The number of aromatic nitrogens is 4. The van der Waals surface area contributed by atoms with Crippen LogP contribution in [-0.4, -0.2) is 38.8 Å². The largest absolute Gasteiger partial charge is 0.368 e. The fourth-order valence-corrected chi connectivity index (χ4v) is 1.87. The Hall–Kier alpha value is -2.18. The molecule has 7 heteroatoms. The van der Waals surface area contributed by atoms with E-state index in [1.807, 2.05) is 0 Å². The van der Waals surface area contributed by atoms with E-state index < -0.39 is 0 Å². The summed E-state index contributed by atoms with van der Waals surface area (Å²) >= 11 is 0. The fraction of sp³-hybridized carbons (Fsp3) is 0.600. The molecule has 0 aliphatic carbocycles. The minimum atomic E-state index is -0.121. The van der Waals surface area contributed by atoms with Crippen molar-refractivity contribution in [1.82, 2.24) is 19.9 Å². The van der Waals surface area contributed by atoms with Crippen molar-refractivity contribution in [1.29, 1.82) is 0 Å². The lowest BCUT2D eigenvalue weighted by Crippen LogP contribution is -2.14. The summed E-state index contributed by atoms with van der Waals surface area (Å²) in [7, 11) is 0. The highest BCUT2D eigenvalue weighted by Gasteiger charge is 2.15. The predicted molar refractivity (Wildman–Crippen MR) is 88.3 cm³/mol. The molecule has 2 rings (SSSR count). The lowest BCUT2D eigenvalue weighted by atomic mass is 10.2. The molecular formula is C15H24N6O. The first-order valence-electron chi connectivity index (χ1n) is 7.63. The molecule has 2 aromatic rings. The molecule has 0 radical (unpaired) electrons. The summed E-state index contributed by atoms with van der Waals surface area (Å²) in [4.78, 5) is 27.7. The number of H-pyrrole nitrogens is 1. The lowest BCUT2D eigenvalue weighted by molar-refractivity contribution is 0.100. The Morgan fingerprint density at radius 1 is 1.05 bits per heavy atom. The number of rotatable bonds is 7. The van der Waals surface area contributed by atoms with Gasteiger partial charge in [-0.2, -0.15) is 9.97 Å². The fourth-order valence-electron chi connectivity index (χ4n) is 1.87. The highest BCUT2D eigenvalue weighted by atomic mass is 16.1. The molecule has 3 N–H and O–H groups in total. The monoisotopic (exact) mass is 304 g/mol. The van der Waals surface area contributed by atoms with Gasteiger partial charge in [-0.3, -0.25) is 4.79 Å². The summed E-state index contributed by atoms with van der Waals surface area (Å²) < 4.78 is 0. The number of nitrogens with one attached hydrogen (secondary N) is 3. The molecule has 0 saturated carbocycles. The lowest BCUT2D eigenvalue weighted by Gasteiger charge is -2.11. The van der Waals surface area contributed by atoms with Crippen LogP contribution in [0.25, 0.3) is 11.2 Å². The van der Waals surface area contributed by atoms with Gasteiger partial charge in [-0.25, -0.2) is 4.98 Å². The molecule has 7 nitrogen and oxygen atoms in total. The quantitative estimate of drug-likeness (QED) is 0.681. The van der Waals surface area contributed by atoms with E-state index in [0.29, 0.717) is 40.6 Å². The molecule has 22 heavy (non-hydrogen) atoms. The van der Waals surface area contributed by atoms with Gasteiger partial charge in [0.2, 0.25) is 5.95 Å². The zero-order chi connectivity index (χ0) is 16.3. The van der Waals surface area contributed by atoms with Crippen LogP contribution in [0.3, 0.4) is 0 Å². The predicted octanol–water partition coefficient (Wildman–Crippen LogP) is 2.69. The normalized spacial score (nSPS) is 11.4. The molecule has 0 spiro atoms. The van der Waals surface area contributed by atoms with Gasteiger partial charge in [0.15, 0.2) is 23.1 Å². The molecule has 0 saturated heterocycles. The van der Waals surface area contributed by atoms with Crippen molar-refractivity contribution < 1.29 is 4.79 Å². The zero-order valence-corrected chi connectivity index (χ0v) is 13.8. The van der Waals surface area contributed by atoms with Crippen LogP contribution in [0.5, 0.6) is 0 Å². The van der Waals surface area contributed by atoms with Crippen LogP contribution >= 0.6 is 0 Å². The number of Topliss-reactive ketones (excluding diaryl/α,β-unsaturated/α-hetero) is 1. The van der Waals surface area contributed by atoms with Gasteiger partial charge in [-0.05, 0) is 11.8 Å². The molecule has 0 aliphatic rings. The average molecular weight is 304 g/mol. The molecule has 0 amide bonds. The van der Waals surface area contributed by atoms with E-state index in [1.165, 1.54) is 6.92 Å². The van der Waals surface area contributed by atoms with Crippen molar-refractivity contribution in [2.45, 2.75) is 34.6 Å². The summed E-state index contributed by atoms with van der Waals surface area (Å²) in [6.07, 6.45) is 0. The van der Waals surface area contributed by atoms with Crippen molar-refractivity contribution in [3.05, 3.63) is 5.82 Å². The Labute approximate surface area is 130 Å². The highest BCUT2D eigenvalue weighted by molar-refractivity contribution is 5.95. The zero-order valence-electron chi connectivity index (χ0n) is 13.8. The molecule has 0 bridgehead atoms. The molecule has 0 atom stereocenters.